The van der Waals surface area contributed by atoms with Gasteiger partial charge in [-0.2, -0.15) is 0 Å². The Bertz CT molecular complexity index is 136. The molecule has 58 valence electrons. The molecule has 0 aromatic carbocycles. The summed E-state index contributed by atoms with van der Waals surface area (Å²) in [4.78, 5) is 12.6. The first-order valence-corrected chi connectivity index (χ1v) is 3.63. The van der Waals surface area contributed by atoms with Crippen LogP contribution in [0.2, 0.25) is 0 Å². The number of nitrogens with zero attached hydrogens (tertiary/aromatic N) is 1. The highest BCUT2D eigenvalue weighted by Gasteiger charge is 2.24. The second kappa shape index (κ2) is 3.01. The van der Waals surface area contributed by atoms with Crippen molar-refractivity contribution >= 4 is 5.91 Å². The van der Waals surface area contributed by atoms with Crippen LogP contribution in [0.3, 0.4) is 0 Å². The fraction of sp³-hybridized carbons (Fsp3) is 0.857. The van der Waals surface area contributed by atoms with Crippen LogP contribution >= 0.6 is 0 Å². The van der Waals surface area contributed by atoms with E-state index in [0.717, 1.165) is 19.4 Å². The van der Waals surface area contributed by atoms with Crippen molar-refractivity contribution < 1.29 is 9.90 Å². The van der Waals surface area contributed by atoms with Gasteiger partial charge in [0.25, 0.3) is 0 Å². The lowest BCUT2D eigenvalue weighted by Crippen LogP contribution is -2.35. The van der Waals surface area contributed by atoms with Crippen molar-refractivity contribution in [1.82, 2.24) is 4.90 Å². The van der Waals surface area contributed by atoms with Gasteiger partial charge >= 0.3 is 0 Å². The molecule has 0 aliphatic carbocycles. The minimum Gasteiger partial charge on any atom is -0.394 e. The van der Waals surface area contributed by atoms with E-state index in [0.29, 0.717) is 0 Å². The van der Waals surface area contributed by atoms with Gasteiger partial charge in [0.15, 0.2) is 0 Å². The summed E-state index contributed by atoms with van der Waals surface area (Å²) in [5.41, 5.74) is 0. The zero-order valence-electron chi connectivity index (χ0n) is 6.21. The number of amides is 1. The van der Waals surface area contributed by atoms with E-state index in [1.165, 1.54) is 0 Å². The summed E-state index contributed by atoms with van der Waals surface area (Å²) in [6.07, 6.45) is 1.99. The van der Waals surface area contributed by atoms with Crippen molar-refractivity contribution in [3.05, 3.63) is 0 Å². The lowest BCUT2D eigenvalue weighted by molar-refractivity contribution is -0.130. The second-order valence-corrected chi connectivity index (χ2v) is 2.69. The van der Waals surface area contributed by atoms with Gasteiger partial charge in [0.05, 0.1) is 12.6 Å². The fourth-order valence-electron chi connectivity index (χ4n) is 1.44. The van der Waals surface area contributed by atoms with Gasteiger partial charge in [-0.3, -0.25) is 4.79 Å². The van der Waals surface area contributed by atoms with E-state index < -0.39 is 0 Å². The lowest BCUT2D eigenvalue weighted by atomic mass is 10.2. The number of rotatable bonds is 1. The third kappa shape index (κ3) is 1.29. The molecule has 0 radical (unpaired) electrons. The summed E-state index contributed by atoms with van der Waals surface area (Å²) >= 11 is 0. The molecular formula is C7H13NO2. The van der Waals surface area contributed by atoms with E-state index in [4.69, 9.17) is 5.11 Å². The Morgan fingerprint density at radius 2 is 2.50 bits per heavy atom. The largest absolute Gasteiger partial charge is 0.394 e. The van der Waals surface area contributed by atoms with Crippen LogP contribution in [0.1, 0.15) is 19.8 Å². The monoisotopic (exact) mass is 143 g/mol. The first-order valence-electron chi connectivity index (χ1n) is 3.63. The molecule has 0 bridgehead atoms. The minimum absolute atomic E-state index is 0.0801. The third-order valence-electron chi connectivity index (χ3n) is 1.99. The highest BCUT2D eigenvalue weighted by atomic mass is 16.3. The Morgan fingerprint density at radius 1 is 1.80 bits per heavy atom. The first-order chi connectivity index (χ1) is 4.75. The molecule has 1 atom stereocenters. The van der Waals surface area contributed by atoms with Crippen LogP contribution in [0.25, 0.3) is 0 Å². The Balaban J connectivity index is 2.50. The predicted octanol–water partition coefficient (Wildman–Crippen LogP) is -0.0104. The first kappa shape index (κ1) is 7.54. The number of aliphatic hydroxyl groups is 1. The third-order valence-corrected chi connectivity index (χ3v) is 1.99. The summed E-state index contributed by atoms with van der Waals surface area (Å²) in [5.74, 6) is 0.0801. The summed E-state index contributed by atoms with van der Waals surface area (Å²) in [5, 5.41) is 8.79. The van der Waals surface area contributed by atoms with Crippen LogP contribution in [0.4, 0.5) is 0 Å². The number of hydrogen-bond acceptors (Lipinski definition) is 2. The average molecular weight is 143 g/mol. The molecule has 1 aliphatic heterocycles. The molecule has 1 amide bonds. The van der Waals surface area contributed by atoms with Crippen LogP contribution in [-0.4, -0.2) is 35.1 Å². The fourth-order valence-corrected chi connectivity index (χ4v) is 1.44. The number of carbonyl (C=O) groups is 1. The van der Waals surface area contributed by atoms with Gasteiger partial charge in [-0.1, -0.05) is 0 Å². The molecule has 1 rings (SSSR count). The number of carbonyl (C=O) groups excluding carboxylic acids is 1. The van der Waals surface area contributed by atoms with Crippen molar-refractivity contribution in [1.29, 1.82) is 0 Å². The normalized spacial score (nSPS) is 25.4. The Hall–Kier alpha value is -0.570. The second-order valence-electron chi connectivity index (χ2n) is 2.69. The van der Waals surface area contributed by atoms with Crippen molar-refractivity contribution in [2.45, 2.75) is 25.8 Å². The Labute approximate surface area is 60.6 Å². The number of aliphatic hydroxyl groups excluding tert-OH is 1. The van der Waals surface area contributed by atoms with E-state index in [1.807, 2.05) is 0 Å². The van der Waals surface area contributed by atoms with Crippen LogP contribution in [0.5, 0.6) is 0 Å². The maximum atomic E-state index is 10.8. The molecule has 1 N–H and O–H groups in total. The molecule has 0 unspecified atom stereocenters. The van der Waals surface area contributed by atoms with E-state index in [1.54, 1.807) is 11.8 Å². The summed E-state index contributed by atoms with van der Waals surface area (Å²) in [7, 11) is 0. The number of likely N-dealkylation sites (tertiary alicyclic amines) is 1. The zero-order chi connectivity index (χ0) is 7.56. The van der Waals surface area contributed by atoms with Gasteiger partial charge in [-0.15, -0.1) is 0 Å². The molecule has 0 aromatic heterocycles. The van der Waals surface area contributed by atoms with E-state index in [2.05, 4.69) is 0 Å². The van der Waals surface area contributed by atoms with Gasteiger partial charge in [-0.05, 0) is 12.8 Å². The summed E-state index contributed by atoms with van der Waals surface area (Å²) in [6, 6.07) is 0.0949. The molecule has 0 aromatic rings. The molecule has 1 fully saturated rings. The molecule has 1 heterocycles. The van der Waals surface area contributed by atoms with E-state index in [-0.39, 0.29) is 18.6 Å². The predicted molar refractivity (Wildman–Crippen MR) is 37.5 cm³/mol. The Kier molecular flexibility index (Phi) is 2.27. The standard InChI is InChI=1S/C7H13NO2/c1-6(10)8-4-2-3-7(8)5-9/h7,9H,2-5H2,1H3/t7-/m1/s1. The SMILES string of the molecule is CC(=O)N1CCC[C@@H]1CO. The maximum Gasteiger partial charge on any atom is 0.219 e. The number of hydrogen-bond donors (Lipinski definition) is 1. The summed E-state index contributed by atoms with van der Waals surface area (Å²) < 4.78 is 0. The molecule has 3 nitrogen and oxygen atoms in total. The van der Waals surface area contributed by atoms with Gasteiger partial charge < -0.3 is 10.0 Å². The van der Waals surface area contributed by atoms with Gasteiger partial charge in [0, 0.05) is 13.5 Å². The summed E-state index contributed by atoms with van der Waals surface area (Å²) in [6.45, 7) is 2.48. The lowest BCUT2D eigenvalue weighted by Gasteiger charge is -2.20. The van der Waals surface area contributed by atoms with Crippen molar-refractivity contribution in [2.75, 3.05) is 13.2 Å². The molecule has 0 saturated carbocycles. The zero-order valence-corrected chi connectivity index (χ0v) is 6.21. The van der Waals surface area contributed by atoms with E-state index >= 15 is 0 Å². The van der Waals surface area contributed by atoms with E-state index in [9.17, 15) is 4.79 Å². The van der Waals surface area contributed by atoms with Crippen molar-refractivity contribution in [2.24, 2.45) is 0 Å². The van der Waals surface area contributed by atoms with Crippen LogP contribution in [0, 0.1) is 0 Å². The van der Waals surface area contributed by atoms with Crippen LogP contribution in [-0.2, 0) is 4.79 Å². The van der Waals surface area contributed by atoms with Crippen LogP contribution in [0.15, 0.2) is 0 Å². The van der Waals surface area contributed by atoms with Gasteiger partial charge in [0.1, 0.15) is 0 Å². The highest BCUT2D eigenvalue weighted by Crippen LogP contribution is 2.15. The topological polar surface area (TPSA) is 40.5 Å². The quantitative estimate of drug-likeness (QED) is 0.561. The molecule has 1 saturated heterocycles. The average Bonchev–Trinajstić information content (AvgIpc) is 2.33. The Morgan fingerprint density at radius 3 is 2.90 bits per heavy atom. The molecular weight excluding hydrogens is 130 g/mol. The van der Waals surface area contributed by atoms with Crippen molar-refractivity contribution in [3.63, 3.8) is 0 Å². The highest BCUT2D eigenvalue weighted by molar-refractivity contribution is 5.73. The smallest absolute Gasteiger partial charge is 0.219 e. The van der Waals surface area contributed by atoms with Crippen molar-refractivity contribution in [3.8, 4) is 0 Å². The maximum absolute atomic E-state index is 10.8. The van der Waals surface area contributed by atoms with Gasteiger partial charge in [-0.25, -0.2) is 0 Å². The van der Waals surface area contributed by atoms with Gasteiger partial charge in [0.2, 0.25) is 5.91 Å². The minimum atomic E-state index is 0.0801. The molecule has 10 heavy (non-hydrogen) atoms. The van der Waals surface area contributed by atoms with Crippen LogP contribution < -0.4 is 0 Å². The molecule has 1 aliphatic rings. The molecule has 0 spiro atoms. The molecule has 3 heteroatoms.